The van der Waals surface area contributed by atoms with Crippen molar-refractivity contribution in [2.24, 2.45) is 0 Å². The predicted octanol–water partition coefficient (Wildman–Crippen LogP) is 5.13. The Kier molecular flexibility index (Phi) is 6.42. The van der Waals surface area contributed by atoms with Crippen molar-refractivity contribution in [3.05, 3.63) is 69.3 Å². The topological polar surface area (TPSA) is 58.9 Å². The summed E-state index contributed by atoms with van der Waals surface area (Å²) in [6, 6.07) is 14.2. The number of non-ortho nitro benzene ring substituents is 1. The molecule has 170 valence electrons. The molecule has 0 N–H and O–H groups in total. The van der Waals surface area contributed by atoms with E-state index in [2.05, 4.69) is 28.0 Å². The molecule has 0 aromatic heterocycles. The minimum Gasteiger partial charge on any atom is -0.494 e. The summed E-state index contributed by atoms with van der Waals surface area (Å²) >= 11 is 0. The monoisotopic (exact) mass is 435 g/mol. The van der Waals surface area contributed by atoms with E-state index in [1.54, 1.807) is 12.1 Å². The predicted molar refractivity (Wildman–Crippen MR) is 125 cm³/mol. The van der Waals surface area contributed by atoms with Gasteiger partial charge < -0.3 is 9.64 Å². The quantitative estimate of drug-likeness (QED) is 0.343. The first-order chi connectivity index (χ1) is 15.7. The third-order valence-electron chi connectivity index (χ3n) is 7.42. The molecule has 5 rings (SSSR count). The fraction of sp³-hybridized carbons (Fsp3) is 0.538. The van der Waals surface area contributed by atoms with Gasteiger partial charge in [-0.3, -0.25) is 15.0 Å². The Bertz CT molecular complexity index is 940. The van der Waals surface area contributed by atoms with Crippen LogP contribution in [0.5, 0.6) is 5.75 Å². The number of benzene rings is 2. The standard InChI is InChI=1S/C26H33N3O3/c30-29(31)21-9-7-20(8-10-21)25-19-28-16-4-6-26(28)24-18-22(11-12-23(24)25)32-17-5-15-27-13-2-1-3-14-27/h7-12,18,25-26H,1-6,13-17,19H2/t25-,26+/m1/s1. The van der Waals surface area contributed by atoms with Crippen molar-refractivity contribution >= 4 is 5.69 Å². The molecule has 2 saturated heterocycles. The Balaban J connectivity index is 1.30. The molecule has 32 heavy (non-hydrogen) atoms. The summed E-state index contributed by atoms with van der Waals surface area (Å²) in [6.07, 6.45) is 7.52. The highest BCUT2D eigenvalue weighted by Crippen LogP contribution is 2.45. The average molecular weight is 436 g/mol. The van der Waals surface area contributed by atoms with Crippen LogP contribution in [0, 0.1) is 10.1 Å². The molecular weight excluding hydrogens is 402 g/mol. The molecule has 0 amide bonds. The molecule has 2 atom stereocenters. The third kappa shape index (κ3) is 4.52. The van der Waals surface area contributed by atoms with Crippen LogP contribution in [0.4, 0.5) is 5.69 Å². The summed E-state index contributed by atoms with van der Waals surface area (Å²) in [5.74, 6) is 1.21. The molecule has 6 nitrogen and oxygen atoms in total. The van der Waals surface area contributed by atoms with Crippen LogP contribution in [-0.4, -0.2) is 54.1 Å². The molecule has 0 saturated carbocycles. The van der Waals surface area contributed by atoms with Crippen molar-refractivity contribution in [3.63, 3.8) is 0 Å². The summed E-state index contributed by atoms with van der Waals surface area (Å²) in [5.41, 5.74) is 4.03. The van der Waals surface area contributed by atoms with Gasteiger partial charge in [-0.2, -0.15) is 0 Å². The van der Waals surface area contributed by atoms with Crippen molar-refractivity contribution in [1.29, 1.82) is 0 Å². The van der Waals surface area contributed by atoms with Crippen LogP contribution >= 0.6 is 0 Å². The molecule has 0 bridgehead atoms. The Morgan fingerprint density at radius 3 is 2.56 bits per heavy atom. The zero-order valence-electron chi connectivity index (χ0n) is 18.7. The van der Waals surface area contributed by atoms with Crippen molar-refractivity contribution < 1.29 is 9.66 Å². The zero-order valence-corrected chi connectivity index (χ0v) is 18.7. The largest absolute Gasteiger partial charge is 0.494 e. The third-order valence-corrected chi connectivity index (χ3v) is 7.42. The van der Waals surface area contributed by atoms with Crippen LogP contribution in [0.15, 0.2) is 42.5 Å². The highest BCUT2D eigenvalue weighted by molar-refractivity contribution is 5.47. The maximum atomic E-state index is 11.1. The number of fused-ring (bicyclic) bond motifs is 3. The zero-order chi connectivity index (χ0) is 21.9. The summed E-state index contributed by atoms with van der Waals surface area (Å²) in [5, 5.41) is 11.1. The first-order valence-corrected chi connectivity index (χ1v) is 12.2. The van der Waals surface area contributed by atoms with Crippen molar-refractivity contribution in [2.75, 3.05) is 39.3 Å². The second kappa shape index (κ2) is 9.59. The number of rotatable bonds is 7. The average Bonchev–Trinajstić information content (AvgIpc) is 3.31. The maximum absolute atomic E-state index is 11.1. The SMILES string of the molecule is O=[N+]([O-])c1ccc([C@H]2CN3CCC[C@H]3c3cc(OCCCN4CCCCC4)ccc32)cc1. The minimum absolute atomic E-state index is 0.150. The van der Waals surface area contributed by atoms with Crippen molar-refractivity contribution in [2.45, 2.75) is 50.5 Å². The Hall–Kier alpha value is -2.44. The van der Waals surface area contributed by atoms with Gasteiger partial charge in [0.05, 0.1) is 11.5 Å². The summed E-state index contributed by atoms with van der Waals surface area (Å²) in [4.78, 5) is 15.9. The van der Waals surface area contributed by atoms with Gasteiger partial charge in [0.25, 0.3) is 5.69 Å². The number of ether oxygens (including phenoxy) is 1. The molecule has 0 spiro atoms. The van der Waals surface area contributed by atoms with Gasteiger partial charge in [0.15, 0.2) is 0 Å². The highest BCUT2D eigenvalue weighted by Gasteiger charge is 2.36. The lowest BCUT2D eigenvalue weighted by Gasteiger charge is -2.37. The molecule has 6 heteroatoms. The van der Waals surface area contributed by atoms with E-state index in [1.165, 1.54) is 56.3 Å². The number of likely N-dealkylation sites (tertiary alicyclic amines) is 1. The highest BCUT2D eigenvalue weighted by atomic mass is 16.6. The number of hydrogen-bond acceptors (Lipinski definition) is 5. The lowest BCUT2D eigenvalue weighted by molar-refractivity contribution is -0.384. The van der Waals surface area contributed by atoms with E-state index in [0.717, 1.165) is 44.0 Å². The van der Waals surface area contributed by atoms with E-state index in [1.807, 2.05) is 12.1 Å². The van der Waals surface area contributed by atoms with E-state index in [9.17, 15) is 10.1 Å². The number of nitro groups is 1. The molecule has 2 fully saturated rings. The van der Waals surface area contributed by atoms with Crippen LogP contribution in [0.25, 0.3) is 0 Å². The number of nitro benzene ring substituents is 1. The van der Waals surface area contributed by atoms with E-state index in [4.69, 9.17) is 4.74 Å². The number of piperidine rings is 1. The fourth-order valence-electron chi connectivity index (χ4n) is 5.75. The van der Waals surface area contributed by atoms with Gasteiger partial charge in [-0.25, -0.2) is 0 Å². The maximum Gasteiger partial charge on any atom is 0.269 e. The van der Waals surface area contributed by atoms with Gasteiger partial charge in [0, 0.05) is 37.2 Å². The molecule has 0 radical (unpaired) electrons. The molecule has 3 aliphatic rings. The molecule has 2 aromatic rings. The number of nitrogens with zero attached hydrogens (tertiary/aromatic N) is 3. The lowest BCUT2D eigenvalue weighted by Crippen LogP contribution is -2.34. The van der Waals surface area contributed by atoms with Crippen LogP contribution in [0.1, 0.15) is 67.2 Å². The van der Waals surface area contributed by atoms with Gasteiger partial charge in [-0.05, 0) is 80.6 Å². The van der Waals surface area contributed by atoms with Gasteiger partial charge in [-0.1, -0.05) is 24.6 Å². The van der Waals surface area contributed by atoms with E-state index < -0.39 is 0 Å². The number of hydrogen-bond donors (Lipinski definition) is 0. The second-order valence-electron chi connectivity index (χ2n) is 9.45. The normalized spacial score (nSPS) is 23.5. The van der Waals surface area contributed by atoms with Crippen LogP contribution in [0.3, 0.4) is 0 Å². The fourth-order valence-corrected chi connectivity index (χ4v) is 5.75. The molecular formula is C26H33N3O3. The Morgan fingerprint density at radius 2 is 1.78 bits per heavy atom. The summed E-state index contributed by atoms with van der Waals surface area (Å²) in [7, 11) is 0. The van der Waals surface area contributed by atoms with Gasteiger partial charge >= 0.3 is 0 Å². The minimum atomic E-state index is -0.329. The summed E-state index contributed by atoms with van der Waals surface area (Å²) in [6.45, 7) is 6.46. The first kappa shape index (κ1) is 21.4. The smallest absolute Gasteiger partial charge is 0.269 e. The molecule has 3 aliphatic heterocycles. The first-order valence-electron chi connectivity index (χ1n) is 12.2. The molecule has 3 heterocycles. The van der Waals surface area contributed by atoms with E-state index in [0.29, 0.717) is 6.04 Å². The molecule has 2 aromatic carbocycles. The van der Waals surface area contributed by atoms with E-state index in [-0.39, 0.29) is 16.5 Å². The van der Waals surface area contributed by atoms with Gasteiger partial charge in [0.1, 0.15) is 5.75 Å². The lowest BCUT2D eigenvalue weighted by atomic mass is 9.81. The Morgan fingerprint density at radius 1 is 0.969 bits per heavy atom. The molecule has 0 aliphatic carbocycles. The second-order valence-corrected chi connectivity index (χ2v) is 9.45. The van der Waals surface area contributed by atoms with Gasteiger partial charge in [0.2, 0.25) is 0 Å². The Labute approximate surface area is 190 Å². The van der Waals surface area contributed by atoms with Crippen LogP contribution in [-0.2, 0) is 0 Å². The van der Waals surface area contributed by atoms with Crippen LogP contribution < -0.4 is 4.74 Å². The van der Waals surface area contributed by atoms with Crippen molar-refractivity contribution in [1.82, 2.24) is 9.80 Å². The molecule has 0 unspecified atom stereocenters. The van der Waals surface area contributed by atoms with Gasteiger partial charge in [-0.15, -0.1) is 0 Å². The van der Waals surface area contributed by atoms with E-state index >= 15 is 0 Å². The summed E-state index contributed by atoms with van der Waals surface area (Å²) < 4.78 is 6.17. The van der Waals surface area contributed by atoms with Crippen molar-refractivity contribution in [3.8, 4) is 5.75 Å². The van der Waals surface area contributed by atoms with Crippen LogP contribution in [0.2, 0.25) is 0 Å².